The molecule has 0 aromatic heterocycles. The highest BCUT2D eigenvalue weighted by Gasteiger charge is 2.13. The Hall–Kier alpha value is -3.00. The van der Waals surface area contributed by atoms with Gasteiger partial charge in [0.1, 0.15) is 23.5 Å². The van der Waals surface area contributed by atoms with Gasteiger partial charge in [-0.25, -0.2) is 0 Å². The molecule has 0 aliphatic rings. The summed E-state index contributed by atoms with van der Waals surface area (Å²) in [6, 6.07) is 13.8. The van der Waals surface area contributed by atoms with Crippen LogP contribution in [0.4, 0.5) is 5.69 Å². The van der Waals surface area contributed by atoms with E-state index in [1.165, 1.54) is 6.08 Å². The normalized spacial score (nSPS) is 10.5. The highest BCUT2D eigenvalue weighted by atomic mass is 79.9. The van der Waals surface area contributed by atoms with Gasteiger partial charge < -0.3 is 14.8 Å². The molecule has 0 saturated heterocycles. The highest BCUT2D eigenvalue weighted by Crippen LogP contribution is 2.35. The van der Waals surface area contributed by atoms with Crippen LogP contribution in [0.15, 0.2) is 46.4 Å². The van der Waals surface area contributed by atoms with Crippen molar-refractivity contribution in [1.82, 2.24) is 0 Å². The van der Waals surface area contributed by atoms with E-state index in [0.717, 1.165) is 0 Å². The molecule has 1 N–H and O–H groups in total. The number of halogens is 2. The molecule has 2 aromatic rings. The second-order valence-electron chi connectivity index (χ2n) is 5.34. The van der Waals surface area contributed by atoms with Gasteiger partial charge in [-0.3, -0.25) is 4.79 Å². The maximum Gasteiger partial charge on any atom is 0.266 e. The summed E-state index contributed by atoms with van der Waals surface area (Å²) in [6.45, 7) is 2.28. The minimum absolute atomic E-state index is 0.0949. The average Bonchev–Trinajstić information content (AvgIpc) is 2.67. The second kappa shape index (κ2) is 10.4. The van der Waals surface area contributed by atoms with Crippen molar-refractivity contribution >= 4 is 45.2 Å². The summed E-state index contributed by atoms with van der Waals surface area (Å²) in [5.74, 6) is 0.455. The number of anilines is 1. The number of hydrogen-bond acceptors (Lipinski definition) is 5. The van der Waals surface area contributed by atoms with Gasteiger partial charge in [0.25, 0.3) is 5.91 Å². The fraction of sp³-hybridized carbons (Fsp3) is 0.150. The number of rotatable bonds is 7. The first-order valence-corrected chi connectivity index (χ1v) is 9.30. The molecule has 0 saturated carbocycles. The Morgan fingerprint density at radius 3 is 2.54 bits per heavy atom. The van der Waals surface area contributed by atoms with Crippen LogP contribution in [0.5, 0.6) is 11.5 Å². The Kier molecular flexibility index (Phi) is 7.88. The van der Waals surface area contributed by atoms with Crippen molar-refractivity contribution in [2.24, 2.45) is 0 Å². The predicted octanol–water partition coefficient (Wildman–Crippen LogP) is 4.95. The SMILES string of the molecule is CCOc1ccc(NC(=O)/C(C#N)=C\c2cc(Cl)c(OCC#N)c(Br)c2)cc1. The summed E-state index contributed by atoms with van der Waals surface area (Å²) in [7, 11) is 0. The molecule has 0 heterocycles. The zero-order valence-corrected chi connectivity index (χ0v) is 17.2. The van der Waals surface area contributed by atoms with Gasteiger partial charge in [0.2, 0.25) is 0 Å². The van der Waals surface area contributed by atoms with Crippen LogP contribution in [0.3, 0.4) is 0 Å². The Bertz CT molecular complexity index is 953. The van der Waals surface area contributed by atoms with Gasteiger partial charge in [-0.15, -0.1) is 0 Å². The number of amides is 1. The molecule has 2 aromatic carbocycles. The summed E-state index contributed by atoms with van der Waals surface area (Å²) in [6.07, 6.45) is 1.41. The van der Waals surface area contributed by atoms with Crippen molar-refractivity contribution in [3.63, 3.8) is 0 Å². The van der Waals surface area contributed by atoms with Gasteiger partial charge in [0.15, 0.2) is 12.4 Å². The van der Waals surface area contributed by atoms with Crippen LogP contribution in [-0.4, -0.2) is 19.1 Å². The minimum Gasteiger partial charge on any atom is -0.494 e. The topological polar surface area (TPSA) is 95.1 Å². The van der Waals surface area contributed by atoms with Gasteiger partial charge in [-0.2, -0.15) is 10.5 Å². The van der Waals surface area contributed by atoms with E-state index < -0.39 is 5.91 Å². The van der Waals surface area contributed by atoms with Crippen molar-refractivity contribution in [3.8, 4) is 23.6 Å². The molecule has 1 amide bonds. The highest BCUT2D eigenvalue weighted by molar-refractivity contribution is 9.10. The van der Waals surface area contributed by atoms with Gasteiger partial charge in [-0.1, -0.05) is 11.6 Å². The molecule has 28 heavy (non-hydrogen) atoms. The first kappa shape index (κ1) is 21.3. The molecule has 0 bridgehead atoms. The van der Waals surface area contributed by atoms with Gasteiger partial charge in [0.05, 0.1) is 16.1 Å². The first-order chi connectivity index (χ1) is 13.5. The summed E-state index contributed by atoms with van der Waals surface area (Å²) in [5.41, 5.74) is 0.969. The van der Waals surface area contributed by atoms with Gasteiger partial charge in [0, 0.05) is 5.69 Å². The minimum atomic E-state index is -0.552. The van der Waals surface area contributed by atoms with E-state index in [-0.39, 0.29) is 17.2 Å². The van der Waals surface area contributed by atoms with Crippen molar-refractivity contribution in [2.45, 2.75) is 6.92 Å². The Morgan fingerprint density at radius 1 is 1.25 bits per heavy atom. The second-order valence-corrected chi connectivity index (χ2v) is 6.60. The maximum absolute atomic E-state index is 12.4. The largest absolute Gasteiger partial charge is 0.494 e. The van der Waals surface area contributed by atoms with Crippen LogP contribution in [0.2, 0.25) is 5.02 Å². The Balaban J connectivity index is 2.19. The van der Waals surface area contributed by atoms with Crippen LogP contribution in [0.1, 0.15) is 12.5 Å². The molecule has 0 aliphatic heterocycles. The number of hydrogen-bond donors (Lipinski definition) is 1. The lowest BCUT2D eigenvalue weighted by Crippen LogP contribution is -2.13. The third kappa shape index (κ3) is 5.75. The van der Waals surface area contributed by atoms with Crippen molar-refractivity contribution < 1.29 is 14.3 Å². The molecular formula is C20H15BrClN3O3. The molecule has 2 rings (SSSR count). The Labute approximate surface area is 176 Å². The predicted molar refractivity (Wildman–Crippen MR) is 110 cm³/mol. The number of ether oxygens (including phenoxy) is 2. The molecule has 0 fully saturated rings. The lowest BCUT2D eigenvalue weighted by molar-refractivity contribution is -0.112. The third-order valence-electron chi connectivity index (χ3n) is 3.40. The molecule has 0 spiro atoms. The third-order valence-corrected chi connectivity index (χ3v) is 4.27. The summed E-state index contributed by atoms with van der Waals surface area (Å²) >= 11 is 9.46. The van der Waals surface area contributed by atoms with Crippen LogP contribution in [-0.2, 0) is 4.79 Å². The number of nitrogens with one attached hydrogen (secondary N) is 1. The number of benzene rings is 2. The van der Waals surface area contributed by atoms with E-state index in [0.29, 0.717) is 33.8 Å². The van der Waals surface area contributed by atoms with E-state index in [9.17, 15) is 10.1 Å². The molecule has 0 aliphatic carbocycles. The van der Waals surface area contributed by atoms with Crippen LogP contribution >= 0.6 is 27.5 Å². The van der Waals surface area contributed by atoms with E-state index in [4.69, 9.17) is 26.3 Å². The maximum atomic E-state index is 12.4. The molecule has 0 radical (unpaired) electrons. The molecule has 6 nitrogen and oxygen atoms in total. The summed E-state index contributed by atoms with van der Waals surface area (Å²) in [5, 5.41) is 20.9. The molecule has 0 atom stereocenters. The van der Waals surface area contributed by atoms with E-state index in [1.54, 1.807) is 36.4 Å². The lowest BCUT2D eigenvalue weighted by Gasteiger charge is -2.09. The smallest absolute Gasteiger partial charge is 0.266 e. The molecule has 8 heteroatoms. The van der Waals surface area contributed by atoms with Crippen molar-refractivity contribution in [3.05, 3.63) is 57.0 Å². The number of nitriles is 2. The number of carbonyl (C=O) groups is 1. The van der Waals surface area contributed by atoms with Crippen LogP contribution < -0.4 is 14.8 Å². The van der Waals surface area contributed by atoms with Crippen LogP contribution in [0, 0.1) is 22.7 Å². The monoisotopic (exact) mass is 459 g/mol. The van der Waals surface area contributed by atoms with E-state index >= 15 is 0 Å². The average molecular weight is 461 g/mol. The van der Waals surface area contributed by atoms with E-state index in [1.807, 2.05) is 19.1 Å². The quantitative estimate of drug-likeness (QED) is 0.466. The number of carbonyl (C=O) groups excluding carboxylic acids is 1. The Morgan fingerprint density at radius 2 is 1.96 bits per heavy atom. The summed E-state index contributed by atoms with van der Waals surface area (Å²) < 4.78 is 11.1. The fourth-order valence-electron chi connectivity index (χ4n) is 2.22. The zero-order chi connectivity index (χ0) is 20.5. The van der Waals surface area contributed by atoms with Crippen LogP contribution in [0.25, 0.3) is 6.08 Å². The molecular weight excluding hydrogens is 446 g/mol. The number of nitrogens with zero attached hydrogens (tertiary/aromatic N) is 2. The lowest BCUT2D eigenvalue weighted by atomic mass is 10.1. The van der Waals surface area contributed by atoms with Gasteiger partial charge in [-0.05, 0) is 70.9 Å². The van der Waals surface area contributed by atoms with E-state index in [2.05, 4.69) is 21.2 Å². The van der Waals surface area contributed by atoms with Gasteiger partial charge >= 0.3 is 0 Å². The fourth-order valence-corrected chi connectivity index (χ4v) is 3.21. The molecule has 0 unspecified atom stereocenters. The van der Waals surface area contributed by atoms with Crippen molar-refractivity contribution in [2.75, 3.05) is 18.5 Å². The van der Waals surface area contributed by atoms with Crippen molar-refractivity contribution in [1.29, 1.82) is 10.5 Å². The first-order valence-electron chi connectivity index (χ1n) is 8.13. The molecule has 142 valence electrons. The standard InChI is InChI=1S/C20H15BrClN3O3/c1-2-27-16-5-3-15(4-6-16)25-20(26)14(12-24)9-13-10-17(21)19(18(22)11-13)28-8-7-23/h3-6,9-11H,2,8H2,1H3,(H,25,26)/b14-9-. The zero-order valence-electron chi connectivity index (χ0n) is 14.8. The summed E-state index contributed by atoms with van der Waals surface area (Å²) in [4.78, 5) is 12.4.